The van der Waals surface area contributed by atoms with Gasteiger partial charge in [0.2, 0.25) is 0 Å². The Morgan fingerprint density at radius 2 is 2.19 bits per heavy atom. The van der Waals surface area contributed by atoms with Crippen LogP contribution in [-0.4, -0.2) is 11.1 Å². The lowest BCUT2D eigenvalue weighted by atomic mass is 10.1. The summed E-state index contributed by atoms with van der Waals surface area (Å²) in [5, 5.41) is 8.69. The van der Waals surface area contributed by atoms with Crippen molar-refractivity contribution in [3.63, 3.8) is 0 Å². The lowest BCUT2D eigenvalue weighted by molar-refractivity contribution is -0.138. The first kappa shape index (κ1) is 11.0. The van der Waals surface area contributed by atoms with E-state index in [1.807, 2.05) is 0 Å². The summed E-state index contributed by atoms with van der Waals surface area (Å²) in [6.45, 7) is 0. The van der Waals surface area contributed by atoms with Crippen LogP contribution in [0.15, 0.2) is 18.2 Å². The molecule has 0 aromatic heterocycles. The number of carboxylic acid groups (broad SMARTS) is 1. The molecule has 0 spiro atoms. The van der Waals surface area contributed by atoms with Crippen LogP contribution in [-0.2, 0) is 11.2 Å². The number of hydrogen-bond donors (Lipinski definition) is 1. The van der Waals surface area contributed by atoms with E-state index in [9.17, 15) is 13.6 Å². The largest absolute Gasteiger partial charge is 0.481 e. The second kappa shape index (κ2) is 4.20. The summed E-state index contributed by atoms with van der Waals surface area (Å²) < 4.78 is 26.1. The summed E-state index contributed by atoms with van der Waals surface area (Å²) in [5.41, 5.74) is 0.330. The van der Waals surface area contributed by atoms with E-state index in [2.05, 4.69) is 0 Å². The Morgan fingerprint density at radius 1 is 1.44 bits per heavy atom. The molecule has 1 N–H and O–H groups in total. The molecule has 0 radical (unpaired) electrons. The smallest absolute Gasteiger partial charge is 0.306 e. The van der Waals surface area contributed by atoms with Crippen LogP contribution in [0.3, 0.4) is 0 Å². The van der Waals surface area contributed by atoms with E-state index < -0.39 is 17.6 Å². The highest BCUT2D eigenvalue weighted by Gasteiger charge is 2.42. The van der Waals surface area contributed by atoms with Gasteiger partial charge >= 0.3 is 5.97 Å². The van der Waals surface area contributed by atoms with Crippen LogP contribution in [0, 0.1) is 23.5 Å². The van der Waals surface area contributed by atoms with Gasteiger partial charge in [-0.05, 0) is 36.8 Å². The number of carbonyl (C=O) groups is 1. The van der Waals surface area contributed by atoms with Crippen LogP contribution in [0.4, 0.5) is 8.78 Å². The molecule has 0 bridgehead atoms. The molecule has 1 saturated carbocycles. The Bertz CT molecular complexity index is 417. The number of halogens is 2. The van der Waals surface area contributed by atoms with E-state index in [4.69, 9.17) is 5.11 Å². The molecule has 1 fully saturated rings. The van der Waals surface area contributed by atoms with Crippen molar-refractivity contribution in [1.29, 1.82) is 0 Å². The van der Waals surface area contributed by atoms with Gasteiger partial charge in [0.05, 0.1) is 5.92 Å². The maximum Gasteiger partial charge on any atom is 0.306 e. The molecule has 16 heavy (non-hydrogen) atoms. The fourth-order valence-corrected chi connectivity index (χ4v) is 1.95. The van der Waals surface area contributed by atoms with Gasteiger partial charge in [0.1, 0.15) is 0 Å². The van der Waals surface area contributed by atoms with E-state index in [0.29, 0.717) is 24.8 Å². The Hall–Kier alpha value is -1.45. The average molecular weight is 226 g/mol. The highest BCUT2D eigenvalue weighted by Crippen LogP contribution is 2.42. The van der Waals surface area contributed by atoms with Crippen molar-refractivity contribution in [3.05, 3.63) is 35.4 Å². The minimum absolute atomic E-state index is 0.125. The quantitative estimate of drug-likeness (QED) is 0.856. The molecule has 0 amide bonds. The first-order valence-corrected chi connectivity index (χ1v) is 5.25. The number of aryl methyl sites for hydroxylation is 1. The number of benzene rings is 1. The molecular weight excluding hydrogens is 214 g/mol. The first-order valence-electron chi connectivity index (χ1n) is 5.25. The molecule has 4 heteroatoms. The Labute approximate surface area is 91.9 Å². The molecule has 1 aromatic carbocycles. The number of hydrogen-bond acceptors (Lipinski definition) is 1. The van der Waals surface area contributed by atoms with Crippen LogP contribution in [0.5, 0.6) is 0 Å². The predicted octanol–water partition coefficient (Wildman–Crippen LogP) is 2.62. The molecule has 2 atom stereocenters. The second-order valence-corrected chi connectivity index (χ2v) is 4.19. The summed E-state index contributed by atoms with van der Waals surface area (Å²) in [6, 6.07) is 4.09. The van der Waals surface area contributed by atoms with E-state index in [1.165, 1.54) is 12.1 Å². The molecule has 1 aliphatic carbocycles. The summed E-state index contributed by atoms with van der Waals surface area (Å²) in [6.07, 6.45) is 1.67. The summed E-state index contributed by atoms with van der Waals surface area (Å²) in [4.78, 5) is 10.6. The van der Waals surface area contributed by atoms with E-state index >= 15 is 0 Å². The predicted molar refractivity (Wildman–Crippen MR) is 53.9 cm³/mol. The van der Waals surface area contributed by atoms with Gasteiger partial charge in [-0.15, -0.1) is 0 Å². The van der Waals surface area contributed by atoms with Gasteiger partial charge in [0.25, 0.3) is 0 Å². The van der Waals surface area contributed by atoms with E-state index in [1.54, 1.807) is 0 Å². The zero-order valence-electron chi connectivity index (χ0n) is 8.62. The normalized spacial score (nSPS) is 23.1. The molecule has 1 aliphatic rings. The van der Waals surface area contributed by atoms with Crippen LogP contribution in [0.1, 0.15) is 18.4 Å². The van der Waals surface area contributed by atoms with Crippen LogP contribution in [0.2, 0.25) is 0 Å². The molecule has 0 aliphatic heterocycles. The van der Waals surface area contributed by atoms with Gasteiger partial charge in [0, 0.05) is 0 Å². The Kier molecular flexibility index (Phi) is 2.90. The van der Waals surface area contributed by atoms with Crippen LogP contribution < -0.4 is 0 Å². The van der Waals surface area contributed by atoms with Gasteiger partial charge in [-0.1, -0.05) is 12.1 Å². The standard InChI is InChI=1S/C12H12F2O2/c13-10-3-1-2-7(11(10)14)4-5-8-6-9(8)12(15)16/h1-3,8-9H,4-6H2,(H,15,16). The molecule has 0 saturated heterocycles. The third-order valence-corrected chi connectivity index (χ3v) is 3.06. The van der Waals surface area contributed by atoms with Crippen LogP contribution in [0.25, 0.3) is 0 Å². The molecule has 1 aromatic rings. The van der Waals surface area contributed by atoms with Gasteiger partial charge in [-0.3, -0.25) is 4.79 Å². The lowest BCUT2D eigenvalue weighted by Gasteiger charge is -2.02. The molecule has 2 nitrogen and oxygen atoms in total. The van der Waals surface area contributed by atoms with Gasteiger partial charge in [-0.2, -0.15) is 0 Å². The SMILES string of the molecule is O=C(O)C1CC1CCc1cccc(F)c1F. The number of aliphatic carboxylic acids is 1. The maximum absolute atomic E-state index is 13.2. The average Bonchev–Trinajstić information content (AvgIpc) is 3.00. The molecule has 86 valence electrons. The fraction of sp³-hybridized carbons (Fsp3) is 0.417. The Morgan fingerprint density at radius 3 is 2.81 bits per heavy atom. The van der Waals surface area contributed by atoms with Gasteiger partial charge in [-0.25, -0.2) is 8.78 Å². The highest BCUT2D eigenvalue weighted by atomic mass is 19.2. The summed E-state index contributed by atoms with van der Waals surface area (Å²) >= 11 is 0. The third kappa shape index (κ3) is 2.21. The second-order valence-electron chi connectivity index (χ2n) is 4.19. The number of carboxylic acids is 1. The molecular formula is C12H12F2O2. The van der Waals surface area contributed by atoms with Crippen LogP contribution >= 0.6 is 0 Å². The van der Waals surface area contributed by atoms with Crippen molar-refractivity contribution in [2.75, 3.05) is 0 Å². The first-order chi connectivity index (χ1) is 7.59. The molecule has 2 rings (SSSR count). The Balaban J connectivity index is 1.91. The van der Waals surface area contributed by atoms with Crippen molar-refractivity contribution in [2.24, 2.45) is 11.8 Å². The van der Waals surface area contributed by atoms with E-state index in [0.717, 1.165) is 6.07 Å². The molecule has 0 heterocycles. The van der Waals surface area contributed by atoms with Crippen molar-refractivity contribution < 1.29 is 18.7 Å². The summed E-state index contributed by atoms with van der Waals surface area (Å²) in [7, 11) is 0. The molecule has 2 unspecified atom stereocenters. The van der Waals surface area contributed by atoms with Gasteiger partial charge in [0.15, 0.2) is 11.6 Å². The fourth-order valence-electron chi connectivity index (χ4n) is 1.95. The van der Waals surface area contributed by atoms with E-state index in [-0.39, 0.29) is 11.8 Å². The van der Waals surface area contributed by atoms with Crippen molar-refractivity contribution in [1.82, 2.24) is 0 Å². The number of rotatable bonds is 4. The minimum Gasteiger partial charge on any atom is -0.481 e. The van der Waals surface area contributed by atoms with Gasteiger partial charge < -0.3 is 5.11 Å². The zero-order chi connectivity index (χ0) is 11.7. The lowest BCUT2D eigenvalue weighted by Crippen LogP contribution is -2.01. The minimum atomic E-state index is -0.844. The zero-order valence-corrected chi connectivity index (χ0v) is 8.62. The topological polar surface area (TPSA) is 37.3 Å². The monoisotopic (exact) mass is 226 g/mol. The van der Waals surface area contributed by atoms with Crippen molar-refractivity contribution in [3.8, 4) is 0 Å². The summed E-state index contributed by atoms with van der Waals surface area (Å²) in [5.74, 6) is -2.60. The third-order valence-electron chi connectivity index (χ3n) is 3.06. The van der Waals surface area contributed by atoms with Crippen molar-refractivity contribution in [2.45, 2.75) is 19.3 Å². The van der Waals surface area contributed by atoms with Crippen molar-refractivity contribution >= 4 is 5.97 Å². The maximum atomic E-state index is 13.2. The highest BCUT2D eigenvalue weighted by molar-refractivity contribution is 5.73.